The van der Waals surface area contributed by atoms with Gasteiger partial charge in [0.05, 0.1) is 23.3 Å². The molecule has 0 aliphatic rings. The molecule has 0 fully saturated rings. The molecule has 0 saturated heterocycles. The van der Waals surface area contributed by atoms with E-state index in [0.717, 1.165) is 31.4 Å². The van der Waals surface area contributed by atoms with E-state index in [0.29, 0.717) is 18.2 Å². The van der Waals surface area contributed by atoms with Crippen LogP contribution in [0.5, 0.6) is 5.75 Å². The number of methoxy groups -OCH3 is 1. The van der Waals surface area contributed by atoms with E-state index >= 15 is 0 Å². The molecule has 0 aliphatic carbocycles. The minimum absolute atomic E-state index is 0.252. The topological polar surface area (TPSA) is 83.9 Å². The molecule has 27 heavy (non-hydrogen) atoms. The number of rotatable bonds is 6. The molecule has 0 radical (unpaired) electrons. The van der Waals surface area contributed by atoms with Gasteiger partial charge in [0.15, 0.2) is 11.6 Å². The summed E-state index contributed by atoms with van der Waals surface area (Å²) in [4.78, 5) is 10.4. The maximum atomic E-state index is 13.9. The molecule has 2 rings (SSSR count). The highest BCUT2D eigenvalue weighted by atomic mass is 32.2. The number of hydrogen-bond acceptors (Lipinski definition) is 4. The first kappa shape index (κ1) is 20.5. The third-order valence-electron chi connectivity index (χ3n) is 3.45. The minimum Gasteiger partial charge on any atom is -0.494 e. The van der Waals surface area contributed by atoms with E-state index in [1.165, 1.54) is 0 Å². The molecule has 2 aromatic rings. The molecule has 0 amide bonds. The Labute approximate surface area is 151 Å². The zero-order valence-electron chi connectivity index (χ0n) is 13.7. The van der Waals surface area contributed by atoms with E-state index < -0.39 is 50.7 Å². The number of carboxylic acid groups (broad SMARTS) is 1. The molecule has 0 bridgehead atoms. The average molecular weight is 407 g/mol. The molecule has 146 valence electrons. The number of alkyl halides is 3. The lowest BCUT2D eigenvalue weighted by atomic mass is 10.2. The lowest BCUT2D eigenvalue weighted by Gasteiger charge is -2.23. The van der Waals surface area contributed by atoms with E-state index in [2.05, 4.69) is 4.74 Å². The fraction of sp³-hybridized carbons (Fsp3) is 0.188. The molecule has 0 spiro atoms. The van der Waals surface area contributed by atoms with Gasteiger partial charge < -0.3 is 9.84 Å². The Morgan fingerprint density at radius 1 is 1.19 bits per heavy atom. The second-order valence-corrected chi connectivity index (χ2v) is 7.11. The van der Waals surface area contributed by atoms with E-state index in [4.69, 9.17) is 5.11 Å². The van der Waals surface area contributed by atoms with Gasteiger partial charge in [0, 0.05) is 0 Å². The molecule has 11 heteroatoms. The Balaban J connectivity index is 2.59. The largest absolute Gasteiger partial charge is 0.494 e. The van der Waals surface area contributed by atoms with Gasteiger partial charge >= 0.3 is 12.1 Å². The molecule has 1 N–H and O–H groups in total. The zero-order valence-corrected chi connectivity index (χ0v) is 14.5. The molecule has 2 aromatic carbocycles. The van der Waals surface area contributed by atoms with Crippen LogP contribution in [0.25, 0.3) is 0 Å². The van der Waals surface area contributed by atoms with E-state index in [-0.39, 0.29) is 10.1 Å². The van der Waals surface area contributed by atoms with Crippen molar-refractivity contribution in [2.75, 3.05) is 18.0 Å². The van der Waals surface area contributed by atoms with Crippen LogP contribution in [-0.4, -0.2) is 33.1 Å². The summed E-state index contributed by atoms with van der Waals surface area (Å²) in [6.07, 6.45) is -4.76. The zero-order chi connectivity index (χ0) is 20.4. The van der Waals surface area contributed by atoms with Gasteiger partial charge in [-0.1, -0.05) is 6.07 Å². The van der Waals surface area contributed by atoms with Crippen molar-refractivity contribution in [3.05, 3.63) is 53.8 Å². The number of carboxylic acids is 1. The molecule has 0 unspecified atom stereocenters. The summed E-state index contributed by atoms with van der Waals surface area (Å²) in [5.74, 6) is -2.89. The number of ether oxygens (including phenoxy) is 1. The summed E-state index contributed by atoms with van der Waals surface area (Å²) in [5, 5.41) is 9.00. The van der Waals surface area contributed by atoms with Crippen molar-refractivity contribution in [1.29, 1.82) is 0 Å². The van der Waals surface area contributed by atoms with E-state index in [1.54, 1.807) is 0 Å². The summed E-state index contributed by atoms with van der Waals surface area (Å²) >= 11 is 0. The van der Waals surface area contributed by atoms with Crippen molar-refractivity contribution < 1.29 is 40.6 Å². The van der Waals surface area contributed by atoms with Gasteiger partial charge in [0.2, 0.25) is 0 Å². The Bertz CT molecular complexity index is 960. The predicted molar refractivity (Wildman–Crippen MR) is 86.6 cm³/mol. The summed E-state index contributed by atoms with van der Waals surface area (Å²) < 4.78 is 83.0. The van der Waals surface area contributed by atoms with Crippen molar-refractivity contribution in [2.24, 2.45) is 0 Å². The smallest absolute Gasteiger partial charge is 0.416 e. The molecular weight excluding hydrogens is 394 g/mol. The van der Waals surface area contributed by atoms with Crippen molar-refractivity contribution in [2.45, 2.75) is 11.1 Å². The van der Waals surface area contributed by atoms with Crippen LogP contribution in [0.4, 0.5) is 23.2 Å². The highest BCUT2D eigenvalue weighted by molar-refractivity contribution is 7.92. The van der Waals surface area contributed by atoms with Crippen LogP contribution in [0.15, 0.2) is 47.4 Å². The van der Waals surface area contributed by atoms with Gasteiger partial charge in [0.25, 0.3) is 10.0 Å². The second-order valence-electron chi connectivity index (χ2n) is 5.25. The molecule has 0 aliphatic heterocycles. The number of halogens is 4. The quantitative estimate of drug-likeness (QED) is 0.744. The lowest BCUT2D eigenvalue weighted by molar-refractivity contribution is -0.137. The van der Waals surface area contributed by atoms with Crippen LogP contribution >= 0.6 is 0 Å². The average Bonchev–Trinajstić information content (AvgIpc) is 2.58. The van der Waals surface area contributed by atoms with E-state index in [1.807, 2.05) is 0 Å². The van der Waals surface area contributed by atoms with Crippen LogP contribution < -0.4 is 9.04 Å². The predicted octanol–water partition coefficient (Wildman–Crippen LogP) is 3.13. The molecule has 0 aromatic heterocycles. The molecule has 0 saturated carbocycles. The van der Waals surface area contributed by atoms with Crippen molar-refractivity contribution >= 4 is 21.7 Å². The fourth-order valence-electron chi connectivity index (χ4n) is 2.21. The normalized spacial score (nSPS) is 11.9. The van der Waals surface area contributed by atoms with Crippen molar-refractivity contribution in [3.63, 3.8) is 0 Å². The van der Waals surface area contributed by atoms with Gasteiger partial charge in [-0.25, -0.2) is 12.8 Å². The van der Waals surface area contributed by atoms with Crippen LogP contribution in [0.1, 0.15) is 5.56 Å². The summed E-state index contributed by atoms with van der Waals surface area (Å²) in [7, 11) is -3.51. The number of aliphatic carboxylic acids is 1. The van der Waals surface area contributed by atoms with Gasteiger partial charge in [-0.15, -0.1) is 0 Å². The fourth-order valence-corrected chi connectivity index (χ4v) is 3.63. The Kier molecular flexibility index (Phi) is 5.64. The van der Waals surface area contributed by atoms with Gasteiger partial charge in [-0.3, -0.25) is 9.10 Å². The van der Waals surface area contributed by atoms with E-state index in [9.17, 15) is 30.8 Å². The van der Waals surface area contributed by atoms with Crippen LogP contribution in [0.2, 0.25) is 0 Å². The molecule has 6 nitrogen and oxygen atoms in total. The first-order valence-corrected chi connectivity index (χ1v) is 8.66. The van der Waals surface area contributed by atoms with Crippen LogP contribution in [0, 0.1) is 5.82 Å². The minimum atomic E-state index is -4.76. The number of anilines is 1. The van der Waals surface area contributed by atoms with Gasteiger partial charge in [0.1, 0.15) is 6.54 Å². The highest BCUT2D eigenvalue weighted by Gasteiger charge is 2.33. The Hall–Kier alpha value is -2.82. The molecular formula is C16H13F4NO5S. The maximum absolute atomic E-state index is 13.9. The SMILES string of the molecule is COc1ccc(S(=O)(=O)N(CC(=O)O)c2cccc(C(F)(F)F)c2)cc1F. The van der Waals surface area contributed by atoms with Crippen LogP contribution in [0.3, 0.4) is 0 Å². The number of nitrogens with zero attached hydrogens (tertiary/aromatic N) is 1. The van der Waals surface area contributed by atoms with Crippen molar-refractivity contribution in [3.8, 4) is 5.75 Å². The van der Waals surface area contributed by atoms with Gasteiger partial charge in [-0.2, -0.15) is 13.2 Å². The lowest BCUT2D eigenvalue weighted by Crippen LogP contribution is -2.36. The number of benzene rings is 2. The molecule has 0 heterocycles. The Morgan fingerprint density at radius 2 is 1.85 bits per heavy atom. The summed E-state index contributed by atoms with van der Waals surface area (Å²) in [6, 6.07) is 5.72. The first-order valence-electron chi connectivity index (χ1n) is 7.22. The second kappa shape index (κ2) is 7.43. The summed E-state index contributed by atoms with van der Waals surface area (Å²) in [6.45, 7) is -1.16. The third kappa shape index (κ3) is 4.48. The monoisotopic (exact) mass is 407 g/mol. The molecule has 0 atom stereocenters. The summed E-state index contributed by atoms with van der Waals surface area (Å²) in [5.41, 5.74) is -1.69. The maximum Gasteiger partial charge on any atom is 0.416 e. The number of hydrogen-bond donors (Lipinski definition) is 1. The first-order chi connectivity index (χ1) is 12.5. The van der Waals surface area contributed by atoms with Gasteiger partial charge in [-0.05, 0) is 36.4 Å². The van der Waals surface area contributed by atoms with Crippen LogP contribution in [-0.2, 0) is 21.0 Å². The number of carbonyl (C=O) groups is 1. The number of sulfonamides is 1. The Morgan fingerprint density at radius 3 is 2.37 bits per heavy atom. The third-order valence-corrected chi connectivity index (χ3v) is 5.22. The van der Waals surface area contributed by atoms with Crippen molar-refractivity contribution in [1.82, 2.24) is 0 Å². The standard InChI is InChI=1S/C16H13F4NO5S/c1-26-14-6-5-12(8-13(14)17)27(24,25)21(9-15(22)23)11-4-2-3-10(7-11)16(18,19)20/h2-8H,9H2,1H3,(H,22,23). The highest BCUT2D eigenvalue weighted by Crippen LogP contribution is 2.33.